The van der Waals surface area contributed by atoms with Gasteiger partial charge in [0, 0.05) is 0 Å². The van der Waals surface area contributed by atoms with Gasteiger partial charge >= 0.3 is 0 Å². The van der Waals surface area contributed by atoms with Crippen LogP contribution in [0.5, 0.6) is 5.75 Å². The fourth-order valence-corrected chi connectivity index (χ4v) is 3.74. The Bertz CT molecular complexity index is 1160. The van der Waals surface area contributed by atoms with Crippen LogP contribution in [0.25, 0.3) is 11.0 Å². The largest absolute Gasteiger partial charge is 0.491 e. The maximum atomic E-state index is 12.4. The van der Waals surface area contributed by atoms with Gasteiger partial charge in [0.25, 0.3) is 5.91 Å². The van der Waals surface area contributed by atoms with Crippen LogP contribution in [0.3, 0.4) is 0 Å². The molecule has 1 unspecified atom stereocenters. The molecule has 6 nitrogen and oxygen atoms in total. The van der Waals surface area contributed by atoms with E-state index >= 15 is 0 Å². The predicted molar refractivity (Wildman–Crippen MR) is 120 cm³/mol. The lowest BCUT2D eigenvalue weighted by Crippen LogP contribution is -2.29. The summed E-state index contributed by atoms with van der Waals surface area (Å²) in [5, 5.41) is 2.98. The SMILES string of the molecule is CC(C)c1ccccc1OCCn1c(C(C)NC(=O)c2ccco2)nc2ccccc21. The number of carbonyl (C=O) groups excluding carboxylic acids is 1. The van der Waals surface area contributed by atoms with Crippen LogP contribution in [0, 0.1) is 0 Å². The van der Waals surface area contributed by atoms with Crippen molar-refractivity contribution < 1.29 is 13.9 Å². The van der Waals surface area contributed by atoms with Crippen LogP contribution < -0.4 is 10.1 Å². The van der Waals surface area contributed by atoms with Gasteiger partial charge < -0.3 is 19.0 Å². The average Bonchev–Trinajstić information content (AvgIpc) is 3.43. The second-order valence-corrected chi connectivity index (χ2v) is 7.82. The third-order valence-electron chi connectivity index (χ3n) is 5.28. The quantitative estimate of drug-likeness (QED) is 0.421. The van der Waals surface area contributed by atoms with Crippen molar-refractivity contribution >= 4 is 16.9 Å². The standard InChI is InChI=1S/C25H27N3O3/c1-17(2)19-9-4-7-12-22(19)31-16-14-28-21-11-6-5-10-20(21)27-24(28)18(3)26-25(29)23-13-8-15-30-23/h4-13,15,17-18H,14,16H2,1-3H3,(H,26,29). The molecule has 0 saturated carbocycles. The van der Waals surface area contributed by atoms with E-state index in [2.05, 4.69) is 29.8 Å². The van der Waals surface area contributed by atoms with Crippen molar-refractivity contribution in [1.29, 1.82) is 0 Å². The number of ether oxygens (including phenoxy) is 1. The number of rotatable bonds is 8. The Balaban J connectivity index is 1.55. The van der Waals surface area contributed by atoms with Crippen molar-refractivity contribution in [2.75, 3.05) is 6.61 Å². The summed E-state index contributed by atoms with van der Waals surface area (Å²) in [6.45, 7) is 7.35. The molecule has 0 radical (unpaired) electrons. The van der Waals surface area contributed by atoms with Gasteiger partial charge in [-0.2, -0.15) is 0 Å². The number of nitrogens with zero attached hydrogens (tertiary/aromatic N) is 2. The van der Waals surface area contributed by atoms with Gasteiger partial charge in [-0.1, -0.05) is 44.2 Å². The fraction of sp³-hybridized carbons (Fsp3) is 0.280. The number of para-hydroxylation sites is 3. The highest BCUT2D eigenvalue weighted by molar-refractivity contribution is 5.91. The third-order valence-corrected chi connectivity index (χ3v) is 5.28. The summed E-state index contributed by atoms with van der Waals surface area (Å²) < 4.78 is 13.5. The van der Waals surface area contributed by atoms with Crippen molar-refractivity contribution in [1.82, 2.24) is 14.9 Å². The van der Waals surface area contributed by atoms with Crippen molar-refractivity contribution in [3.63, 3.8) is 0 Å². The highest BCUT2D eigenvalue weighted by Crippen LogP contribution is 2.26. The lowest BCUT2D eigenvalue weighted by Gasteiger charge is -2.17. The lowest BCUT2D eigenvalue weighted by molar-refractivity contribution is 0.0909. The van der Waals surface area contributed by atoms with E-state index in [0.29, 0.717) is 19.1 Å². The normalized spacial score (nSPS) is 12.3. The molecule has 31 heavy (non-hydrogen) atoms. The maximum absolute atomic E-state index is 12.4. The molecule has 6 heteroatoms. The van der Waals surface area contributed by atoms with E-state index in [1.54, 1.807) is 12.1 Å². The lowest BCUT2D eigenvalue weighted by atomic mass is 10.0. The Hall–Kier alpha value is -3.54. The molecule has 2 aromatic heterocycles. The summed E-state index contributed by atoms with van der Waals surface area (Å²) in [5.74, 6) is 2.09. The molecule has 0 aliphatic carbocycles. The molecule has 4 rings (SSSR count). The number of furan rings is 1. The highest BCUT2D eigenvalue weighted by Gasteiger charge is 2.20. The number of imidazole rings is 1. The Morgan fingerprint density at radius 2 is 1.84 bits per heavy atom. The van der Waals surface area contributed by atoms with E-state index < -0.39 is 0 Å². The smallest absolute Gasteiger partial charge is 0.287 e. The first kappa shape index (κ1) is 20.7. The minimum Gasteiger partial charge on any atom is -0.491 e. The van der Waals surface area contributed by atoms with Crippen LogP contribution >= 0.6 is 0 Å². The predicted octanol–water partition coefficient (Wildman–Crippen LogP) is 5.32. The first-order valence-electron chi connectivity index (χ1n) is 10.6. The highest BCUT2D eigenvalue weighted by atomic mass is 16.5. The number of fused-ring (bicyclic) bond motifs is 1. The van der Waals surface area contributed by atoms with E-state index in [-0.39, 0.29) is 17.7 Å². The topological polar surface area (TPSA) is 69.3 Å². The van der Waals surface area contributed by atoms with Crippen LogP contribution in [0.4, 0.5) is 0 Å². The molecule has 0 spiro atoms. The van der Waals surface area contributed by atoms with E-state index in [4.69, 9.17) is 14.1 Å². The van der Waals surface area contributed by atoms with Gasteiger partial charge in [-0.15, -0.1) is 0 Å². The number of amides is 1. The zero-order valence-electron chi connectivity index (χ0n) is 18.0. The molecule has 0 aliphatic rings. The second-order valence-electron chi connectivity index (χ2n) is 7.82. The number of hydrogen-bond donors (Lipinski definition) is 1. The van der Waals surface area contributed by atoms with E-state index in [0.717, 1.165) is 22.6 Å². The molecule has 0 bridgehead atoms. The number of benzene rings is 2. The van der Waals surface area contributed by atoms with Crippen LogP contribution in [0.1, 0.15) is 54.7 Å². The molecule has 2 aromatic carbocycles. The van der Waals surface area contributed by atoms with Crippen LogP contribution in [-0.4, -0.2) is 22.1 Å². The average molecular weight is 418 g/mol. The molecule has 160 valence electrons. The Morgan fingerprint density at radius 1 is 1.06 bits per heavy atom. The van der Waals surface area contributed by atoms with E-state index in [9.17, 15) is 4.79 Å². The van der Waals surface area contributed by atoms with Gasteiger partial charge in [-0.3, -0.25) is 4.79 Å². The van der Waals surface area contributed by atoms with Gasteiger partial charge in [-0.25, -0.2) is 4.98 Å². The summed E-state index contributed by atoms with van der Waals surface area (Å²) in [4.78, 5) is 17.2. The van der Waals surface area contributed by atoms with Crippen LogP contribution in [0.2, 0.25) is 0 Å². The van der Waals surface area contributed by atoms with Crippen molar-refractivity contribution in [2.24, 2.45) is 0 Å². The second kappa shape index (κ2) is 9.08. The number of hydrogen-bond acceptors (Lipinski definition) is 4. The molecule has 2 heterocycles. The Kier molecular flexibility index (Phi) is 6.07. The number of aromatic nitrogens is 2. The summed E-state index contributed by atoms with van der Waals surface area (Å²) in [7, 11) is 0. The monoisotopic (exact) mass is 417 g/mol. The van der Waals surface area contributed by atoms with Crippen LogP contribution in [-0.2, 0) is 6.54 Å². The van der Waals surface area contributed by atoms with Gasteiger partial charge in [0.05, 0.1) is 29.9 Å². The van der Waals surface area contributed by atoms with Crippen molar-refractivity contribution in [3.05, 3.63) is 84.1 Å². The fourth-order valence-electron chi connectivity index (χ4n) is 3.74. The molecular weight excluding hydrogens is 390 g/mol. The zero-order valence-corrected chi connectivity index (χ0v) is 18.0. The molecule has 0 aliphatic heterocycles. The number of nitrogens with one attached hydrogen (secondary N) is 1. The van der Waals surface area contributed by atoms with Gasteiger partial charge in [-0.05, 0) is 48.7 Å². The molecular formula is C25H27N3O3. The molecule has 1 atom stereocenters. The minimum absolute atomic E-state index is 0.266. The first-order valence-corrected chi connectivity index (χ1v) is 10.6. The van der Waals surface area contributed by atoms with Crippen molar-refractivity contribution in [2.45, 2.75) is 39.3 Å². The molecule has 1 amide bonds. The Morgan fingerprint density at radius 3 is 2.61 bits per heavy atom. The molecule has 4 aromatic rings. The summed E-state index contributed by atoms with van der Waals surface area (Å²) in [5.41, 5.74) is 3.09. The van der Waals surface area contributed by atoms with Crippen LogP contribution in [0.15, 0.2) is 71.3 Å². The van der Waals surface area contributed by atoms with Gasteiger partial charge in [0.1, 0.15) is 18.2 Å². The molecule has 0 fully saturated rings. The summed E-state index contributed by atoms with van der Waals surface area (Å²) in [6, 6.07) is 19.1. The minimum atomic E-state index is -0.298. The molecule has 0 saturated heterocycles. The van der Waals surface area contributed by atoms with Crippen molar-refractivity contribution in [3.8, 4) is 5.75 Å². The summed E-state index contributed by atoms with van der Waals surface area (Å²) >= 11 is 0. The maximum Gasteiger partial charge on any atom is 0.287 e. The van der Waals surface area contributed by atoms with E-state index in [1.165, 1.54) is 11.8 Å². The Labute approximate surface area is 181 Å². The zero-order chi connectivity index (χ0) is 21.8. The number of carbonyl (C=O) groups is 1. The van der Waals surface area contributed by atoms with E-state index in [1.807, 2.05) is 49.4 Å². The first-order chi connectivity index (χ1) is 15.0. The third kappa shape index (κ3) is 4.48. The van der Waals surface area contributed by atoms with Gasteiger partial charge in [0.2, 0.25) is 0 Å². The van der Waals surface area contributed by atoms with Gasteiger partial charge in [0.15, 0.2) is 5.76 Å². The summed E-state index contributed by atoms with van der Waals surface area (Å²) in [6.07, 6.45) is 1.49. The molecule has 1 N–H and O–H groups in total.